The number of likely N-dealkylation sites (N-methyl/N-ethyl adjacent to an activating group) is 1. The van der Waals surface area contributed by atoms with E-state index < -0.39 is 60.7 Å². The summed E-state index contributed by atoms with van der Waals surface area (Å²) in [6.07, 6.45) is -7.36. The van der Waals surface area contributed by atoms with Crippen molar-refractivity contribution in [1.82, 2.24) is 9.80 Å². The van der Waals surface area contributed by atoms with E-state index >= 15 is 0 Å². The monoisotopic (exact) mass is 719 g/mol. The average Bonchev–Trinajstić information content (AvgIpc) is 3.06. The van der Waals surface area contributed by atoms with Crippen LogP contribution in [-0.2, 0) is 60.6 Å². The highest BCUT2D eigenvalue weighted by Crippen LogP contribution is 2.33. The smallest absolute Gasteiger partial charge is 0.410 e. The van der Waals surface area contributed by atoms with Gasteiger partial charge >= 0.3 is 30.0 Å². The van der Waals surface area contributed by atoms with Gasteiger partial charge in [-0.05, 0) is 49.5 Å². The van der Waals surface area contributed by atoms with E-state index in [0.29, 0.717) is 24.5 Å². The first-order valence-corrected chi connectivity index (χ1v) is 16.9. The molecular weight excluding hydrogens is 674 g/mol. The van der Waals surface area contributed by atoms with E-state index in [1.807, 2.05) is 37.2 Å². The van der Waals surface area contributed by atoms with Gasteiger partial charge in [0.25, 0.3) is 0 Å². The van der Waals surface area contributed by atoms with Crippen LogP contribution in [0.3, 0.4) is 0 Å². The van der Waals surface area contributed by atoms with Crippen molar-refractivity contribution in [3.8, 4) is 5.75 Å². The molecule has 2 aromatic carbocycles. The van der Waals surface area contributed by atoms with Crippen molar-refractivity contribution >= 4 is 47.4 Å². The molecule has 5 atom stereocenters. The SMILES string of the molecule is COC(=O)C1O[C@@H](Oc2ccc(COC(=O)N(CCN(C)C)CSCCc3ccccc3)cc2N)C(OC(C)=O)[C@@H](OC(C)=O)C1OC(C)=O. The molecule has 0 saturated carbocycles. The van der Waals surface area contributed by atoms with Crippen LogP contribution < -0.4 is 10.5 Å². The number of thioether (sulfide) groups is 1. The Bertz CT molecular complexity index is 1460. The van der Waals surface area contributed by atoms with E-state index in [4.69, 9.17) is 38.9 Å². The lowest BCUT2D eigenvalue weighted by atomic mass is 9.97. The predicted octanol–water partition coefficient (Wildman–Crippen LogP) is 2.77. The Balaban J connectivity index is 1.73. The van der Waals surface area contributed by atoms with Crippen molar-refractivity contribution in [1.29, 1.82) is 0 Å². The molecule has 0 aliphatic carbocycles. The molecule has 1 saturated heterocycles. The van der Waals surface area contributed by atoms with Gasteiger partial charge in [0.2, 0.25) is 12.4 Å². The third-order valence-electron chi connectivity index (χ3n) is 7.21. The maximum Gasteiger partial charge on any atom is 0.410 e. The minimum atomic E-state index is -1.63. The van der Waals surface area contributed by atoms with Crippen LogP contribution in [0.25, 0.3) is 0 Å². The molecule has 0 spiro atoms. The summed E-state index contributed by atoms with van der Waals surface area (Å²) in [6.45, 7) is 4.31. The Hall–Kier alpha value is -4.54. The molecule has 15 nitrogen and oxygen atoms in total. The minimum absolute atomic E-state index is 0.0424. The molecule has 50 heavy (non-hydrogen) atoms. The van der Waals surface area contributed by atoms with Gasteiger partial charge in [-0.15, -0.1) is 11.8 Å². The Labute approximate surface area is 295 Å². The summed E-state index contributed by atoms with van der Waals surface area (Å²) >= 11 is 1.64. The third kappa shape index (κ3) is 12.4. The number of carbonyl (C=O) groups is 5. The maximum atomic E-state index is 13.1. The van der Waals surface area contributed by atoms with E-state index in [1.165, 1.54) is 17.7 Å². The van der Waals surface area contributed by atoms with Crippen LogP contribution in [0.4, 0.5) is 10.5 Å². The number of methoxy groups -OCH3 is 1. The van der Waals surface area contributed by atoms with Crippen molar-refractivity contribution < 1.29 is 57.1 Å². The van der Waals surface area contributed by atoms with E-state index in [-0.39, 0.29) is 18.0 Å². The summed E-state index contributed by atoms with van der Waals surface area (Å²) < 4.78 is 38.2. The lowest BCUT2D eigenvalue weighted by Crippen LogP contribution is -2.64. The lowest BCUT2D eigenvalue weighted by Gasteiger charge is -2.43. The molecule has 1 amide bonds. The van der Waals surface area contributed by atoms with Gasteiger partial charge < -0.3 is 43.8 Å². The number of nitrogens with zero attached hydrogens (tertiary/aromatic N) is 2. The summed E-state index contributed by atoms with van der Waals surface area (Å²) in [6, 6.07) is 14.7. The van der Waals surface area contributed by atoms with E-state index in [0.717, 1.165) is 40.1 Å². The molecule has 2 aromatic rings. The molecular formula is C34H45N3O12S. The lowest BCUT2D eigenvalue weighted by molar-refractivity contribution is -0.282. The summed E-state index contributed by atoms with van der Waals surface area (Å²) in [5, 5.41) is 0. The fourth-order valence-corrected chi connectivity index (χ4v) is 5.83. The molecule has 0 aromatic heterocycles. The van der Waals surface area contributed by atoms with Gasteiger partial charge in [-0.1, -0.05) is 36.4 Å². The molecule has 2 N–H and O–H groups in total. The van der Waals surface area contributed by atoms with Crippen LogP contribution in [0.2, 0.25) is 0 Å². The minimum Gasteiger partial charge on any atom is -0.467 e. The second-order valence-electron chi connectivity index (χ2n) is 11.6. The van der Waals surface area contributed by atoms with Gasteiger partial charge in [0.05, 0.1) is 18.7 Å². The van der Waals surface area contributed by atoms with Crippen molar-refractivity contribution in [3.05, 3.63) is 59.7 Å². The number of rotatable bonds is 16. The first kappa shape index (κ1) is 39.9. The second-order valence-corrected chi connectivity index (χ2v) is 12.6. The first-order valence-electron chi connectivity index (χ1n) is 15.8. The molecule has 1 aliphatic heterocycles. The van der Waals surface area contributed by atoms with Crippen LogP contribution in [0.1, 0.15) is 31.9 Å². The highest BCUT2D eigenvalue weighted by molar-refractivity contribution is 7.99. The number of nitrogen functional groups attached to an aromatic ring is 1. The highest BCUT2D eigenvalue weighted by Gasteiger charge is 2.56. The Morgan fingerprint density at radius 3 is 2.08 bits per heavy atom. The first-order chi connectivity index (χ1) is 23.8. The number of carbonyl (C=O) groups excluding carboxylic acids is 5. The largest absolute Gasteiger partial charge is 0.467 e. The Morgan fingerprint density at radius 2 is 1.48 bits per heavy atom. The maximum absolute atomic E-state index is 13.1. The summed E-state index contributed by atoms with van der Waals surface area (Å²) in [7, 11) is 4.94. The molecule has 0 bridgehead atoms. The van der Waals surface area contributed by atoms with Crippen LogP contribution >= 0.6 is 11.8 Å². The Kier molecular flexibility index (Phi) is 15.6. The summed E-state index contributed by atoms with van der Waals surface area (Å²) in [4.78, 5) is 65.5. The van der Waals surface area contributed by atoms with Crippen molar-refractivity contribution in [2.24, 2.45) is 0 Å². The zero-order valence-electron chi connectivity index (χ0n) is 29.0. The normalized spacial score (nSPS) is 19.9. The van der Waals surface area contributed by atoms with Gasteiger partial charge in [-0.3, -0.25) is 19.3 Å². The summed E-state index contributed by atoms with van der Waals surface area (Å²) in [5.74, 6) is -2.08. The number of nitrogens with two attached hydrogens (primary N) is 1. The average molecular weight is 720 g/mol. The van der Waals surface area contributed by atoms with Gasteiger partial charge in [0.1, 0.15) is 12.4 Å². The molecule has 16 heteroatoms. The number of aryl methyl sites for hydroxylation is 1. The van der Waals surface area contributed by atoms with E-state index in [1.54, 1.807) is 22.7 Å². The molecule has 3 unspecified atom stereocenters. The van der Waals surface area contributed by atoms with Gasteiger partial charge in [-0.2, -0.15) is 0 Å². The number of ether oxygens (including phenoxy) is 7. The fourth-order valence-electron chi connectivity index (χ4n) is 4.87. The number of hydrogen-bond donors (Lipinski definition) is 1. The highest BCUT2D eigenvalue weighted by atomic mass is 32.2. The van der Waals surface area contributed by atoms with Crippen molar-refractivity contribution in [2.75, 3.05) is 51.7 Å². The molecule has 274 valence electrons. The number of benzene rings is 2. The van der Waals surface area contributed by atoms with E-state index in [2.05, 4.69) is 12.1 Å². The molecule has 1 fully saturated rings. The van der Waals surface area contributed by atoms with Gasteiger partial charge in [0, 0.05) is 33.9 Å². The van der Waals surface area contributed by atoms with Crippen molar-refractivity contribution in [2.45, 2.75) is 64.5 Å². The van der Waals surface area contributed by atoms with Crippen molar-refractivity contribution in [3.63, 3.8) is 0 Å². The van der Waals surface area contributed by atoms with Crippen LogP contribution in [0, 0.1) is 0 Å². The quantitative estimate of drug-likeness (QED) is 0.0878. The molecule has 1 aliphatic rings. The zero-order chi connectivity index (χ0) is 36.8. The predicted molar refractivity (Wildman–Crippen MR) is 182 cm³/mol. The van der Waals surface area contributed by atoms with Gasteiger partial charge in [-0.25, -0.2) is 9.59 Å². The van der Waals surface area contributed by atoms with E-state index in [9.17, 15) is 24.0 Å². The van der Waals surface area contributed by atoms with Gasteiger partial charge in [0.15, 0.2) is 18.3 Å². The summed E-state index contributed by atoms with van der Waals surface area (Å²) in [5.41, 5.74) is 8.16. The number of amides is 1. The standard InChI is InChI=1S/C34H45N3O12S/c1-21(38)45-28-29(46-22(2)39)31(47-23(3)40)33(49-30(28)32(41)43-6)48-27-13-12-25(18-26(27)35)19-44-34(42)37(16-15-36(4)5)20-50-17-14-24-10-8-7-9-11-24/h7-13,18,28-31,33H,14-17,19-20,35H2,1-6H3/t28?,29-,30?,31?,33+/m0/s1. The number of anilines is 1. The zero-order valence-corrected chi connectivity index (χ0v) is 29.8. The number of esters is 4. The topological polar surface area (TPSA) is 182 Å². The third-order valence-corrected chi connectivity index (χ3v) is 8.20. The molecule has 3 rings (SSSR count). The molecule has 1 heterocycles. The molecule has 0 radical (unpaired) electrons. The van der Waals surface area contributed by atoms with Crippen LogP contribution in [0.5, 0.6) is 5.75 Å². The Morgan fingerprint density at radius 1 is 0.840 bits per heavy atom. The number of hydrogen-bond acceptors (Lipinski definition) is 15. The van der Waals surface area contributed by atoms with Crippen LogP contribution in [-0.4, -0.2) is 116 Å². The van der Waals surface area contributed by atoms with Crippen LogP contribution in [0.15, 0.2) is 48.5 Å². The second kappa shape index (κ2) is 19.6. The fraction of sp³-hybridized carbons (Fsp3) is 0.500.